The molecule has 0 atom stereocenters. The number of rotatable bonds is 0. The zero-order chi connectivity index (χ0) is 7.72. The van der Waals surface area contributed by atoms with E-state index >= 15 is 0 Å². The van der Waals surface area contributed by atoms with Gasteiger partial charge in [-0.05, 0) is 43.5 Å². The smallest absolute Gasteiger partial charge is 0.126 e. The Morgan fingerprint density at radius 3 is 2.20 bits per heavy atom. The first kappa shape index (κ1) is 7.26. The lowest BCUT2D eigenvalue weighted by molar-refractivity contribution is 0.615. The highest BCUT2D eigenvalue weighted by Crippen LogP contribution is 2.13. The summed E-state index contributed by atoms with van der Waals surface area (Å²) in [4.78, 5) is 0. The third-order valence-corrected chi connectivity index (χ3v) is 1.75. The second kappa shape index (κ2) is 2.41. The average Bonchev–Trinajstić information content (AvgIpc) is 1.82. The Balaban J connectivity index is 3.31. The van der Waals surface area contributed by atoms with Crippen LogP contribution in [-0.4, -0.2) is 0 Å². The molecule has 0 aromatic heterocycles. The standard InChI is InChI=1S/C9H11F/c1-6-4-7(2)8(3)9(10)5-6/h4-5H,1-3H3. The maximum atomic E-state index is 12.8. The molecule has 0 saturated heterocycles. The molecule has 0 bridgehead atoms. The summed E-state index contributed by atoms with van der Waals surface area (Å²) < 4.78 is 12.8. The summed E-state index contributed by atoms with van der Waals surface area (Å²) in [7, 11) is 0. The Hall–Kier alpha value is -0.850. The summed E-state index contributed by atoms with van der Waals surface area (Å²) in [6.45, 7) is 5.62. The van der Waals surface area contributed by atoms with E-state index in [0.717, 1.165) is 16.7 Å². The summed E-state index contributed by atoms with van der Waals surface area (Å²) in [5, 5.41) is 0. The van der Waals surface area contributed by atoms with Crippen molar-refractivity contribution in [3.8, 4) is 0 Å². The molecule has 0 N–H and O–H groups in total. The number of hydrogen-bond donors (Lipinski definition) is 0. The fraction of sp³-hybridized carbons (Fsp3) is 0.333. The van der Waals surface area contributed by atoms with Gasteiger partial charge in [0.1, 0.15) is 5.82 Å². The molecule has 0 aliphatic heterocycles. The van der Waals surface area contributed by atoms with E-state index < -0.39 is 0 Å². The molecular weight excluding hydrogens is 127 g/mol. The van der Waals surface area contributed by atoms with Crippen LogP contribution in [0.3, 0.4) is 0 Å². The average molecular weight is 138 g/mol. The highest BCUT2D eigenvalue weighted by atomic mass is 19.1. The first-order valence-corrected chi connectivity index (χ1v) is 3.34. The molecule has 0 aliphatic carbocycles. The monoisotopic (exact) mass is 138 g/mol. The molecule has 0 fully saturated rings. The van der Waals surface area contributed by atoms with E-state index in [1.165, 1.54) is 0 Å². The third-order valence-electron chi connectivity index (χ3n) is 1.75. The van der Waals surface area contributed by atoms with E-state index in [0.29, 0.717) is 0 Å². The lowest BCUT2D eigenvalue weighted by atomic mass is 10.1. The topological polar surface area (TPSA) is 0 Å². The van der Waals surface area contributed by atoms with Crippen molar-refractivity contribution < 1.29 is 4.39 Å². The molecule has 0 radical (unpaired) electrons. The molecule has 1 aromatic rings. The van der Waals surface area contributed by atoms with Crippen LogP contribution in [0.15, 0.2) is 12.1 Å². The number of halogens is 1. The predicted octanol–water partition coefficient (Wildman–Crippen LogP) is 2.75. The van der Waals surface area contributed by atoms with Crippen LogP contribution in [0.5, 0.6) is 0 Å². The molecule has 0 unspecified atom stereocenters. The van der Waals surface area contributed by atoms with Crippen LogP contribution in [0, 0.1) is 26.6 Å². The van der Waals surface area contributed by atoms with Crippen LogP contribution in [-0.2, 0) is 0 Å². The van der Waals surface area contributed by atoms with E-state index in [2.05, 4.69) is 0 Å². The van der Waals surface area contributed by atoms with Crippen molar-refractivity contribution in [2.24, 2.45) is 0 Å². The van der Waals surface area contributed by atoms with E-state index in [1.54, 1.807) is 13.0 Å². The van der Waals surface area contributed by atoms with Crippen LogP contribution in [0.25, 0.3) is 0 Å². The van der Waals surface area contributed by atoms with Crippen LogP contribution < -0.4 is 0 Å². The van der Waals surface area contributed by atoms with E-state index in [9.17, 15) is 4.39 Å². The molecule has 0 saturated carbocycles. The molecule has 1 aromatic carbocycles. The second-order valence-corrected chi connectivity index (χ2v) is 2.69. The van der Waals surface area contributed by atoms with Gasteiger partial charge < -0.3 is 0 Å². The highest BCUT2D eigenvalue weighted by molar-refractivity contribution is 5.30. The van der Waals surface area contributed by atoms with Gasteiger partial charge in [0.15, 0.2) is 0 Å². The molecule has 10 heavy (non-hydrogen) atoms. The molecule has 0 heterocycles. The molecular formula is C9H11F. The van der Waals surface area contributed by atoms with Gasteiger partial charge in [-0.1, -0.05) is 6.07 Å². The number of hydrogen-bond acceptors (Lipinski definition) is 0. The summed E-state index contributed by atoms with van der Waals surface area (Å²) in [5.74, 6) is -0.0995. The van der Waals surface area contributed by atoms with E-state index in [-0.39, 0.29) is 5.82 Å². The van der Waals surface area contributed by atoms with E-state index in [4.69, 9.17) is 0 Å². The van der Waals surface area contributed by atoms with Crippen molar-refractivity contribution in [3.05, 3.63) is 34.6 Å². The summed E-state index contributed by atoms with van der Waals surface area (Å²) in [5.41, 5.74) is 2.77. The Labute approximate surface area is 60.7 Å². The maximum Gasteiger partial charge on any atom is 0.126 e. The Kier molecular flexibility index (Phi) is 1.75. The largest absolute Gasteiger partial charge is 0.207 e. The lowest BCUT2D eigenvalue weighted by Crippen LogP contribution is -1.87. The first-order valence-electron chi connectivity index (χ1n) is 3.34. The minimum Gasteiger partial charge on any atom is -0.207 e. The van der Waals surface area contributed by atoms with E-state index in [1.807, 2.05) is 19.9 Å². The fourth-order valence-electron chi connectivity index (χ4n) is 0.988. The summed E-state index contributed by atoms with van der Waals surface area (Å²) >= 11 is 0. The first-order chi connectivity index (χ1) is 4.61. The van der Waals surface area contributed by atoms with Gasteiger partial charge in [-0.3, -0.25) is 0 Å². The van der Waals surface area contributed by atoms with Gasteiger partial charge in [-0.15, -0.1) is 0 Å². The summed E-state index contributed by atoms with van der Waals surface area (Å²) in [6, 6.07) is 3.54. The summed E-state index contributed by atoms with van der Waals surface area (Å²) in [6.07, 6.45) is 0. The van der Waals surface area contributed by atoms with Crippen molar-refractivity contribution in [1.82, 2.24) is 0 Å². The van der Waals surface area contributed by atoms with Crippen molar-refractivity contribution in [1.29, 1.82) is 0 Å². The van der Waals surface area contributed by atoms with Gasteiger partial charge in [0.2, 0.25) is 0 Å². The minimum atomic E-state index is -0.0995. The molecule has 1 rings (SSSR count). The van der Waals surface area contributed by atoms with Crippen LogP contribution in [0.4, 0.5) is 4.39 Å². The van der Waals surface area contributed by atoms with Crippen molar-refractivity contribution >= 4 is 0 Å². The Morgan fingerprint density at radius 1 is 1.10 bits per heavy atom. The van der Waals surface area contributed by atoms with Crippen molar-refractivity contribution in [3.63, 3.8) is 0 Å². The van der Waals surface area contributed by atoms with Gasteiger partial charge in [0, 0.05) is 0 Å². The maximum absolute atomic E-state index is 12.8. The Morgan fingerprint density at radius 2 is 1.70 bits per heavy atom. The van der Waals surface area contributed by atoms with Crippen molar-refractivity contribution in [2.45, 2.75) is 20.8 Å². The zero-order valence-electron chi connectivity index (χ0n) is 6.53. The van der Waals surface area contributed by atoms with Gasteiger partial charge >= 0.3 is 0 Å². The fourth-order valence-corrected chi connectivity index (χ4v) is 0.988. The van der Waals surface area contributed by atoms with Crippen molar-refractivity contribution in [2.75, 3.05) is 0 Å². The molecule has 54 valence electrons. The Bertz CT molecular complexity index is 228. The zero-order valence-corrected chi connectivity index (χ0v) is 6.53. The van der Waals surface area contributed by atoms with Crippen LogP contribution >= 0.6 is 0 Å². The highest BCUT2D eigenvalue weighted by Gasteiger charge is 1.99. The molecule has 0 aliphatic rings. The molecule has 0 spiro atoms. The number of aryl methyl sites for hydroxylation is 2. The van der Waals surface area contributed by atoms with Gasteiger partial charge in [0.05, 0.1) is 0 Å². The third kappa shape index (κ3) is 1.18. The SMILES string of the molecule is Cc1cc(C)c(C)c(F)c1. The predicted molar refractivity (Wildman–Crippen MR) is 40.6 cm³/mol. The van der Waals surface area contributed by atoms with Gasteiger partial charge in [0.25, 0.3) is 0 Å². The van der Waals surface area contributed by atoms with Crippen LogP contribution in [0.2, 0.25) is 0 Å². The molecule has 0 amide bonds. The number of benzene rings is 1. The van der Waals surface area contributed by atoms with Gasteiger partial charge in [-0.2, -0.15) is 0 Å². The lowest BCUT2D eigenvalue weighted by Gasteiger charge is -2.01. The van der Waals surface area contributed by atoms with Gasteiger partial charge in [-0.25, -0.2) is 4.39 Å². The second-order valence-electron chi connectivity index (χ2n) is 2.69. The minimum absolute atomic E-state index is 0.0995. The molecule has 1 heteroatoms. The quantitative estimate of drug-likeness (QED) is 0.517. The normalized spacial score (nSPS) is 10.0. The van der Waals surface area contributed by atoms with Crippen LogP contribution in [0.1, 0.15) is 16.7 Å². The molecule has 0 nitrogen and oxygen atoms in total.